The molecule has 0 radical (unpaired) electrons. The van der Waals surface area contributed by atoms with Gasteiger partial charge in [0.1, 0.15) is 0 Å². The van der Waals surface area contributed by atoms with Crippen molar-refractivity contribution in [2.75, 3.05) is 70.1 Å². The normalized spacial score (nSPS) is 20.1. The molecule has 6 rings (SSSR count). The van der Waals surface area contributed by atoms with E-state index in [2.05, 4.69) is 36.4 Å². The molecule has 0 unspecified atom stereocenters. The molecule has 0 aromatic heterocycles. The predicted octanol–water partition coefficient (Wildman–Crippen LogP) is 4.95. The number of carbonyl (C=O) groups excluding carboxylic acids is 1. The SMILES string of the molecule is CN(C)c1ccc(N=Nc2ccc(S(=O)(=O)O)cc2)cc1.O=C(C[N+]12CCN(CC1)CC2)Nc1ccc(Br)cc1. The van der Waals surface area contributed by atoms with Gasteiger partial charge in [-0.25, -0.2) is 0 Å². The molecule has 3 fully saturated rings. The van der Waals surface area contributed by atoms with E-state index in [4.69, 9.17) is 4.55 Å². The molecule has 3 aromatic carbocycles. The quantitative estimate of drug-likeness (QED) is 0.217. The zero-order chi connectivity index (χ0) is 28.8. The molecule has 3 heterocycles. The van der Waals surface area contributed by atoms with Gasteiger partial charge in [-0.3, -0.25) is 14.2 Å². The second-order valence-corrected chi connectivity index (χ2v) is 12.5. The van der Waals surface area contributed by atoms with Crippen molar-refractivity contribution in [2.45, 2.75) is 4.90 Å². The minimum absolute atomic E-state index is 0.137. The van der Waals surface area contributed by atoms with Crippen LogP contribution < -0.4 is 10.2 Å². The van der Waals surface area contributed by atoms with Crippen molar-refractivity contribution in [2.24, 2.45) is 10.2 Å². The summed E-state index contributed by atoms with van der Waals surface area (Å²) in [6, 6.07) is 20.8. The molecule has 3 aliphatic heterocycles. The maximum atomic E-state index is 12.2. The first-order chi connectivity index (χ1) is 19.0. The van der Waals surface area contributed by atoms with Crippen molar-refractivity contribution in [3.05, 3.63) is 77.3 Å². The number of benzene rings is 3. The number of halogens is 1. The molecule has 0 spiro atoms. The Bertz CT molecular complexity index is 1410. The molecule has 0 aliphatic carbocycles. The Hall–Kier alpha value is -3.16. The van der Waals surface area contributed by atoms with E-state index >= 15 is 0 Å². The average Bonchev–Trinajstić information content (AvgIpc) is 2.94. The lowest BCUT2D eigenvalue weighted by Gasteiger charge is -2.50. The number of nitrogens with one attached hydrogen (secondary N) is 1. The van der Waals surface area contributed by atoms with Crippen LogP contribution in [0.15, 0.2) is 92.4 Å². The average molecular weight is 631 g/mol. The van der Waals surface area contributed by atoms with E-state index < -0.39 is 10.1 Å². The van der Waals surface area contributed by atoms with E-state index in [9.17, 15) is 13.2 Å². The standard InChI is InChI=1S/C14H18BrN3O.C14H15N3O3S/c15-12-1-3-13(4-2-12)16-14(19)11-18-8-5-17(6-9-18)7-10-18;1-17(2)13-7-3-11(4-8-13)15-16-12-5-9-14(10-6-12)21(18,19)20/h1-4H,5-11H2;3-10H,1-2H3,(H,18,19,20)/p+1. The maximum absolute atomic E-state index is 12.2. The second-order valence-electron chi connectivity index (χ2n) is 10.1. The van der Waals surface area contributed by atoms with E-state index in [0.29, 0.717) is 17.9 Å². The lowest BCUT2D eigenvalue weighted by atomic mass is 10.1. The van der Waals surface area contributed by atoms with E-state index in [1.807, 2.05) is 67.5 Å². The maximum Gasteiger partial charge on any atom is 0.294 e. The Labute approximate surface area is 243 Å². The van der Waals surface area contributed by atoms with E-state index in [1.165, 1.54) is 24.3 Å². The van der Waals surface area contributed by atoms with E-state index in [-0.39, 0.29) is 10.8 Å². The molecule has 1 amide bonds. The van der Waals surface area contributed by atoms with Gasteiger partial charge in [0.2, 0.25) is 0 Å². The third-order valence-electron chi connectivity index (χ3n) is 7.06. The third kappa shape index (κ3) is 8.42. The topological polar surface area (TPSA) is 115 Å². The van der Waals surface area contributed by atoms with Crippen LogP contribution in [-0.2, 0) is 14.9 Å². The van der Waals surface area contributed by atoms with Crippen molar-refractivity contribution in [1.82, 2.24) is 4.90 Å². The molecule has 2 bridgehead atoms. The summed E-state index contributed by atoms with van der Waals surface area (Å²) in [7, 11) is -0.273. The summed E-state index contributed by atoms with van der Waals surface area (Å²) >= 11 is 3.40. The number of hydrogen-bond acceptors (Lipinski definition) is 7. The minimum atomic E-state index is -4.18. The number of amides is 1. The number of piperazine rings is 3. The summed E-state index contributed by atoms with van der Waals surface area (Å²) < 4.78 is 32.7. The molecular weight excluding hydrogens is 596 g/mol. The fraction of sp³-hybridized carbons (Fsp3) is 0.321. The highest BCUT2D eigenvalue weighted by Crippen LogP contribution is 2.23. The Morgan fingerprint density at radius 2 is 1.40 bits per heavy atom. The molecular formula is C28H34BrN6O4S+. The van der Waals surface area contributed by atoms with E-state index in [1.54, 1.807) is 0 Å². The van der Waals surface area contributed by atoms with Crippen LogP contribution in [0.4, 0.5) is 22.7 Å². The van der Waals surface area contributed by atoms with Crippen molar-refractivity contribution >= 4 is 54.7 Å². The zero-order valence-corrected chi connectivity index (χ0v) is 25.0. The van der Waals surface area contributed by atoms with Gasteiger partial charge in [0, 0.05) is 49.6 Å². The minimum Gasteiger partial charge on any atom is -0.378 e. The molecule has 2 N–H and O–H groups in total. The number of anilines is 2. The highest BCUT2D eigenvalue weighted by Gasteiger charge is 2.39. The van der Waals surface area contributed by atoms with Crippen molar-refractivity contribution in [3.63, 3.8) is 0 Å². The molecule has 212 valence electrons. The third-order valence-corrected chi connectivity index (χ3v) is 8.46. The van der Waals surface area contributed by atoms with Gasteiger partial charge in [-0.05, 0) is 72.8 Å². The highest BCUT2D eigenvalue weighted by atomic mass is 79.9. The predicted molar refractivity (Wildman–Crippen MR) is 160 cm³/mol. The van der Waals surface area contributed by atoms with Crippen molar-refractivity contribution < 1.29 is 22.2 Å². The molecule has 0 atom stereocenters. The lowest BCUT2D eigenvalue weighted by molar-refractivity contribution is -0.933. The molecule has 40 heavy (non-hydrogen) atoms. The molecule has 12 heteroatoms. The van der Waals surface area contributed by atoms with Gasteiger partial charge in [-0.2, -0.15) is 18.6 Å². The van der Waals surface area contributed by atoms with Gasteiger partial charge in [-0.15, -0.1) is 0 Å². The molecule has 3 aromatic rings. The summed E-state index contributed by atoms with van der Waals surface area (Å²) in [6.07, 6.45) is 0. The fourth-order valence-corrected chi connectivity index (χ4v) is 5.37. The van der Waals surface area contributed by atoms with Gasteiger partial charge in [0.25, 0.3) is 16.0 Å². The van der Waals surface area contributed by atoms with Crippen LogP contribution in [0.2, 0.25) is 0 Å². The van der Waals surface area contributed by atoms with Crippen LogP contribution >= 0.6 is 15.9 Å². The molecule has 0 saturated carbocycles. The summed E-state index contributed by atoms with van der Waals surface area (Å²) in [5, 5.41) is 11.1. The Morgan fingerprint density at radius 1 is 0.900 bits per heavy atom. The van der Waals surface area contributed by atoms with Crippen LogP contribution in [0.3, 0.4) is 0 Å². The fourth-order valence-electron chi connectivity index (χ4n) is 4.62. The smallest absolute Gasteiger partial charge is 0.294 e. The van der Waals surface area contributed by atoms with Crippen LogP contribution in [0.25, 0.3) is 0 Å². The van der Waals surface area contributed by atoms with Gasteiger partial charge in [-0.1, -0.05) is 15.9 Å². The van der Waals surface area contributed by atoms with E-state index in [0.717, 1.165) is 59.6 Å². The number of azo groups is 1. The van der Waals surface area contributed by atoms with Gasteiger partial charge in [0.05, 0.1) is 35.9 Å². The number of hydrogen-bond donors (Lipinski definition) is 2. The van der Waals surface area contributed by atoms with Gasteiger partial charge in [0.15, 0.2) is 6.54 Å². The number of carbonyl (C=O) groups is 1. The first-order valence-electron chi connectivity index (χ1n) is 12.9. The number of fused-ring (bicyclic) bond motifs is 3. The summed E-state index contributed by atoms with van der Waals surface area (Å²) in [5.74, 6) is 0.137. The van der Waals surface area contributed by atoms with Crippen LogP contribution in [0.1, 0.15) is 0 Å². The Morgan fingerprint density at radius 3 is 1.88 bits per heavy atom. The summed E-state index contributed by atoms with van der Waals surface area (Å²) in [4.78, 5) is 16.5. The number of rotatable bonds is 7. The largest absolute Gasteiger partial charge is 0.378 e. The van der Waals surface area contributed by atoms with Crippen molar-refractivity contribution in [3.8, 4) is 0 Å². The Kier molecular flexibility index (Phi) is 9.69. The lowest BCUT2D eigenvalue weighted by Crippen LogP contribution is -2.68. The Balaban J connectivity index is 0.000000186. The zero-order valence-electron chi connectivity index (χ0n) is 22.6. The van der Waals surface area contributed by atoms with Gasteiger partial charge < -0.3 is 14.7 Å². The summed E-state index contributed by atoms with van der Waals surface area (Å²) in [5.41, 5.74) is 3.13. The summed E-state index contributed by atoms with van der Waals surface area (Å²) in [6.45, 7) is 7.40. The molecule has 3 saturated heterocycles. The number of nitrogens with zero attached hydrogens (tertiary/aromatic N) is 5. The second kappa shape index (κ2) is 13.0. The molecule has 10 nitrogen and oxygen atoms in total. The first-order valence-corrected chi connectivity index (χ1v) is 15.1. The molecule has 3 aliphatic rings. The van der Waals surface area contributed by atoms with Gasteiger partial charge >= 0.3 is 0 Å². The van der Waals surface area contributed by atoms with Crippen LogP contribution in [-0.4, -0.2) is 88.2 Å². The van der Waals surface area contributed by atoms with Crippen molar-refractivity contribution in [1.29, 1.82) is 0 Å². The first kappa shape index (κ1) is 29.8. The van der Waals surface area contributed by atoms with Crippen LogP contribution in [0, 0.1) is 0 Å². The number of quaternary nitrogens is 1. The monoisotopic (exact) mass is 629 g/mol. The van der Waals surface area contributed by atoms with Crippen LogP contribution in [0.5, 0.6) is 0 Å². The highest BCUT2D eigenvalue weighted by molar-refractivity contribution is 9.10.